The van der Waals surface area contributed by atoms with Crippen LogP contribution >= 0.6 is 0 Å². The summed E-state index contributed by atoms with van der Waals surface area (Å²) in [4.78, 5) is 17.3. The first-order valence-electron chi connectivity index (χ1n) is 7.86. The minimum atomic E-state index is -0.185. The van der Waals surface area contributed by atoms with E-state index >= 15 is 0 Å². The van der Waals surface area contributed by atoms with Crippen molar-refractivity contribution in [1.29, 1.82) is 0 Å². The van der Waals surface area contributed by atoms with E-state index in [1.165, 1.54) is 0 Å². The number of hydrogen-bond donors (Lipinski definition) is 0. The van der Waals surface area contributed by atoms with E-state index in [9.17, 15) is 4.79 Å². The first-order valence-corrected chi connectivity index (χ1v) is 7.86. The van der Waals surface area contributed by atoms with E-state index in [0.717, 1.165) is 51.9 Å². The van der Waals surface area contributed by atoms with Gasteiger partial charge in [0.15, 0.2) is 0 Å². The molecule has 2 saturated heterocycles. The number of hydrogen-bond acceptors (Lipinski definition) is 3. The Labute approximate surface area is 121 Å². The highest BCUT2D eigenvalue weighted by molar-refractivity contribution is 5.83. The number of amides is 1. The zero-order chi connectivity index (χ0) is 14.2. The molecule has 0 aromatic carbocycles. The molecule has 20 heavy (non-hydrogen) atoms. The Morgan fingerprint density at radius 1 is 1.35 bits per heavy atom. The minimum Gasteiger partial charge on any atom is -0.375 e. The molecule has 0 bridgehead atoms. The van der Waals surface area contributed by atoms with E-state index in [-0.39, 0.29) is 5.41 Å². The van der Waals surface area contributed by atoms with Crippen LogP contribution in [-0.4, -0.2) is 61.1 Å². The Morgan fingerprint density at radius 3 is 2.95 bits per heavy atom. The number of likely N-dealkylation sites (tertiary alicyclic amines) is 1. The molecule has 0 N–H and O–H groups in total. The van der Waals surface area contributed by atoms with E-state index in [2.05, 4.69) is 35.9 Å². The van der Waals surface area contributed by atoms with Crippen molar-refractivity contribution in [1.82, 2.24) is 9.80 Å². The predicted molar refractivity (Wildman–Crippen MR) is 78.5 cm³/mol. The number of carbonyl (C=O) groups is 1. The van der Waals surface area contributed by atoms with Crippen molar-refractivity contribution in [2.75, 3.05) is 33.3 Å². The predicted octanol–water partition coefficient (Wildman–Crippen LogP) is 1.66. The maximum atomic E-state index is 12.9. The Hall–Kier alpha value is -0.870. The second kappa shape index (κ2) is 5.49. The number of rotatable bonds is 1. The Bertz CT molecular complexity index is 409. The summed E-state index contributed by atoms with van der Waals surface area (Å²) in [5, 5.41) is 0. The molecule has 1 amide bonds. The van der Waals surface area contributed by atoms with Crippen LogP contribution in [0, 0.1) is 5.41 Å². The summed E-state index contributed by atoms with van der Waals surface area (Å²) in [6.07, 6.45) is 8.57. The van der Waals surface area contributed by atoms with Crippen LogP contribution in [0.1, 0.15) is 32.6 Å². The van der Waals surface area contributed by atoms with Crippen molar-refractivity contribution < 1.29 is 9.53 Å². The summed E-state index contributed by atoms with van der Waals surface area (Å²) >= 11 is 0. The lowest BCUT2D eigenvalue weighted by atomic mass is 9.77. The maximum Gasteiger partial charge on any atom is 0.228 e. The van der Waals surface area contributed by atoms with Crippen molar-refractivity contribution in [3.8, 4) is 0 Å². The lowest BCUT2D eigenvalue weighted by molar-refractivity contribution is -0.151. The van der Waals surface area contributed by atoms with Crippen LogP contribution in [0.15, 0.2) is 12.2 Å². The number of likely N-dealkylation sites (N-methyl/N-ethyl adjacent to an activating group) is 1. The Morgan fingerprint density at radius 2 is 2.20 bits per heavy atom. The van der Waals surface area contributed by atoms with Gasteiger partial charge in [0.2, 0.25) is 5.91 Å². The zero-order valence-corrected chi connectivity index (χ0v) is 12.7. The molecular formula is C16H26N2O2. The third-order valence-corrected chi connectivity index (χ3v) is 5.26. The summed E-state index contributed by atoms with van der Waals surface area (Å²) in [5.41, 5.74) is -0.185. The number of allylic oxidation sites excluding steroid dienone is 2. The van der Waals surface area contributed by atoms with Crippen LogP contribution in [0.25, 0.3) is 0 Å². The van der Waals surface area contributed by atoms with E-state index in [1.807, 2.05) is 0 Å². The number of fused-ring (bicyclic) bond motifs is 1. The lowest BCUT2D eigenvalue weighted by Crippen LogP contribution is -2.61. The highest BCUT2D eigenvalue weighted by Crippen LogP contribution is 2.35. The van der Waals surface area contributed by atoms with Gasteiger partial charge in [-0.1, -0.05) is 19.1 Å². The van der Waals surface area contributed by atoms with Gasteiger partial charge in [0.05, 0.1) is 24.2 Å². The molecule has 0 aromatic rings. The number of morpholine rings is 1. The molecule has 3 atom stereocenters. The summed E-state index contributed by atoms with van der Waals surface area (Å²) in [6, 6.07) is 0.379. The topological polar surface area (TPSA) is 32.8 Å². The fraction of sp³-hybridized carbons (Fsp3) is 0.812. The molecule has 3 rings (SSSR count). The van der Waals surface area contributed by atoms with Crippen molar-refractivity contribution in [2.45, 2.75) is 44.8 Å². The highest BCUT2D eigenvalue weighted by atomic mass is 16.5. The van der Waals surface area contributed by atoms with E-state index in [4.69, 9.17) is 4.74 Å². The largest absolute Gasteiger partial charge is 0.375 e. The molecule has 1 aliphatic carbocycles. The zero-order valence-electron chi connectivity index (χ0n) is 12.7. The summed E-state index contributed by atoms with van der Waals surface area (Å²) in [6.45, 7) is 5.62. The summed E-state index contributed by atoms with van der Waals surface area (Å²) in [7, 11) is 2.15. The monoisotopic (exact) mass is 278 g/mol. The van der Waals surface area contributed by atoms with Gasteiger partial charge in [-0.05, 0) is 32.7 Å². The number of nitrogens with zero attached hydrogens (tertiary/aromatic N) is 2. The molecule has 4 heteroatoms. The highest BCUT2D eigenvalue weighted by Gasteiger charge is 2.42. The van der Waals surface area contributed by atoms with Crippen molar-refractivity contribution in [3.63, 3.8) is 0 Å². The molecule has 112 valence electrons. The summed E-state index contributed by atoms with van der Waals surface area (Å²) in [5.74, 6) is 0.347. The van der Waals surface area contributed by atoms with Gasteiger partial charge in [0, 0.05) is 19.6 Å². The van der Waals surface area contributed by atoms with Crippen molar-refractivity contribution >= 4 is 5.91 Å². The molecule has 0 aromatic heterocycles. The number of piperidine rings is 1. The second-order valence-electron chi connectivity index (χ2n) is 6.77. The van der Waals surface area contributed by atoms with E-state index < -0.39 is 0 Å². The van der Waals surface area contributed by atoms with Crippen LogP contribution in [0.5, 0.6) is 0 Å². The third kappa shape index (κ3) is 2.51. The minimum absolute atomic E-state index is 0.185. The van der Waals surface area contributed by atoms with Gasteiger partial charge in [0.1, 0.15) is 0 Å². The van der Waals surface area contributed by atoms with Crippen molar-refractivity contribution in [3.05, 3.63) is 12.2 Å². The van der Waals surface area contributed by atoms with E-state index in [0.29, 0.717) is 18.1 Å². The summed E-state index contributed by atoms with van der Waals surface area (Å²) < 4.78 is 5.86. The fourth-order valence-corrected chi connectivity index (χ4v) is 3.77. The quantitative estimate of drug-likeness (QED) is 0.684. The molecule has 2 aliphatic heterocycles. The van der Waals surface area contributed by atoms with Crippen LogP contribution < -0.4 is 0 Å². The standard InChI is InChI=1S/C16H26N2O2/c1-16(7-4-3-5-8-16)15(19)18-9-6-14-13(12-18)17(2)10-11-20-14/h3-4,13-14H,5-12H2,1-2H3/t13-,14?,16?/m0/s1. The normalized spacial score (nSPS) is 38.6. The molecule has 0 spiro atoms. The average Bonchev–Trinajstić information content (AvgIpc) is 2.47. The van der Waals surface area contributed by atoms with Crippen LogP contribution in [0.4, 0.5) is 0 Å². The SMILES string of the molecule is CN1CCOC2CCN(C(=O)C3(C)CC=CCC3)C[C@@H]21. The molecule has 3 aliphatic rings. The molecule has 2 fully saturated rings. The maximum absolute atomic E-state index is 12.9. The molecule has 2 heterocycles. The van der Waals surface area contributed by atoms with Crippen molar-refractivity contribution in [2.24, 2.45) is 5.41 Å². The van der Waals surface area contributed by atoms with Crippen LogP contribution in [0.3, 0.4) is 0 Å². The Balaban J connectivity index is 1.68. The van der Waals surface area contributed by atoms with Crippen LogP contribution in [-0.2, 0) is 9.53 Å². The average molecular weight is 278 g/mol. The Kier molecular flexibility index (Phi) is 3.87. The van der Waals surface area contributed by atoms with Gasteiger partial charge in [-0.15, -0.1) is 0 Å². The molecule has 0 radical (unpaired) electrons. The smallest absolute Gasteiger partial charge is 0.228 e. The van der Waals surface area contributed by atoms with Gasteiger partial charge in [-0.2, -0.15) is 0 Å². The third-order valence-electron chi connectivity index (χ3n) is 5.26. The molecule has 4 nitrogen and oxygen atoms in total. The number of ether oxygens (including phenoxy) is 1. The van der Waals surface area contributed by atoms with Gasteiger partial charge in [0.25, 0.3) is 0 Å². The fourth-order valence-electron chi connectivity index (χ4n) is 3.77. The van der Waals surface area contributed by atoms with Gasteiger partial charge < -0.3 is 9.64 Å². The van der Waals surface area contributed by atoms with E-state index in [1.54, 1.807) is 0 Å². The van der Waals surface area contributed by atoms with Gasteiger partial charge in [-0.25, -0.2) is 0 Å². The first kappa shape index (κ1) is 14.1. The van der Waals surface area contributed by atoms with Gasteiger partial charge >= 0.3 is 0 Å². The molecular weight excluding hydrogens is 252 g/mol. The molecule has 2 unspecified atom stereocenters. The van der Waals surface area contributed by atoms with Gasteiger partial charge in [-0.3, -0.25) is 9.69 Å². The second-order valence-corrected chi connectivity index (χ2v) is 6.77. The first-order chi connectivity index (χ1) is 9.60. The lowest BCUT2D eigenvalue weighted by Gasteiger charge is -2.47. The number of carbonyl (C=O) groups excluding carboxylic acids is 1. The molecule has 0 saturated carbocycles. The van der Waals surface area contributed by atoms with Crippen LogP contribution in [0.2, 0.25) is 0 Å².